The Bertz CT molecular complexity index is 533. The number of H-pyrrole nitrogens is 1. The minimum atomic E-state index is -0.435. The van der Waals surface area contributed by atoms with Gasteiger partial charge < -0.3 is 10.7 Å². The number of nitrogens with one attached hydrogen (secondary N) is 1. The molecule has 3 heteroatoms. The summed E-state index contributed by atoms with van der Waals surface area (Å²) in [5.74, 6) is 0.813. The smallest absolute Gasteiger partial charge is 0.126 e. The van der Waals surface area contributed by atoms with Gasteiger partial charge in [0.15, 0.2) is 0 Å². The number of benzene rings is 1. The molecule has 0 amide bonds. The summed E-state index contributed by atoms with van der Waals surface area (Å²) in [5, 5.41) is 0. The normalized spacial score (nSPS) is 11.8. The standard InChI is InChI=1S/C14H19N3/c1-9-5-6-10(2)11(7-9)12-8-16-13(17-12)14(3,4)15/h5-8H,15H2,1-4H3,(H,16,17). The van der Waals surface area contributed by atoms with E-state index in [-0.39, 0.29) is 0 Å². The number of hydrogen-bond acceptors (Lipinski definition) is 2. The van der Waals surface area contributed by atoms with Crippen LogP contribution < -0.4 is 5.73 Å². The largest absolute Gasteiger partial charge is 0.340 e. The summed E-state index contributed by atoms with van der Waals surface area (Å²) in [6, 6.07) is 6.40. The maximum absolute atomic E-state index is 6.02. The average Bonchev–Trinajstić information content (AvgIpc) is 2.70. The van der Waals surface area contributed by atoms with E-state index in [1.54, 1.807) is 0 Å². The predicted octanol–water partition coefficient (Wildman–Crippen LogP) is 2.89. The van der Waals surface area contributed by atoms with E-state index >= 15 is 0 Å². The third-order valence-corrected chi connectivity index (χ3v) is 2.87. The molecule has 0 saturated carbocycles. The molecular weight excluding hydrogens is 210 g/mol. The summed E-state index contributed by atoms with van der Waals surface area (Å²) in [6.07, 6.45) is 1.85. The summed E-state index contributed by atoms with van der Waals surface area (Å²) >= 11 is 0. The number of imidazole rings is 1. The summed E-state index contributed by atoms with van der Waals surface area (Å²) in [6.45, 7) is 8.08. The van der Waals surface area contributed by atoms with E-state index in [0.717, 1.165) is 11.5 Å². The monoisotopic (exact) mass is 229 g/mol. The number of nitrogens with two attached hydrogens (primary N) is 1. The molecule has 90 valence electrons. The highest BCUT2D eigenvalue weighted by molar-refractivity contribution is 5.64. The van der Waals surface area contributed by atoms with Gasteiger partial charge in [-0.25, -0.2) is 4.98 Å². The number of nitrogens with zero attached hydrogens (tertiary/aromatic N) is 1. The molecule has 0 aliphatic rings. The van der Waals surface area contributed by atoms with Crippen molar-refractivity contribution >= 4 is 0 Å². The molecule has 1 heterocycles. The van der Waals surface area contributed by atoms with Crippen LogP contribution in [0.2, 0.25) is 0 Å². The molecule has 3 N–H and O–H groups in total. The third-order valence-electron chi connectivity index (χ3n) is 2.87. The van der Waals surface area contributed by atoms with Crippen LogP contribution in [0.3, 0.4) is 0 Å². The minimum absolute atomic E-state index is 0.435. The number of aromatic nitrogens is 2. The summed E-state index contributed by atoms with van der Waals surface area (Å²) in [4.78, 5) is 7.66. The molecule has 2 aromatic rings. The second-order valence-electron chi connectivity index (χ2n) is 5.19. The summed E-state index contributed by atoms with van der Waals surface area (Å²) in [7, 11) is 0. The lowest BCUT2D eigenvalue weighted by Crippen LogP contribution is -2.30. The Hall–Kier alpha value is -1.61. The van der Waals surface area contributed by atoms with E-state index in [2.05, 4.69) is 42.0 Å². The van der Waals surface area contributed by atoms with E-state index in [9.17, 15) is 0 Å². The van der Waals surface area contributed by atoms with Crippen LogP contribution in [0.1, 0.15) is 30.8 Å². The molecule has 0 spiro atoms. The highest BCUT2D eigenvalue weighted by Gasteiger charge is 2.18. The molecule has 0 radical (unpaired) electrons. The number of hydrogen-bond donors (Lipinski definition) is 2. The predicted molar refractivity (Wildman–Crippen MR) is 70.7 cm³/mol. The topological polar surface area (TPSA) is 54.7 Å². The van der Waals surface area contributed by atoms with Gasteiger partial charge in [-0.3, -0.25) is 0 Å². The van der Waals surface area contributed by atoms with Crippen LogP contribution >= 0.6 is 0 Å². The van der Waals surface area contributed by atoms with Gasteiger partial charge in [-0.2, -0.15) is 0 Å². The zero-order chi connectivity index (χ0) is 12.6. The van der Waals surface area contributed by atoms with Crippen molar-refractivity contribution in [1.82, 2.24) is 9.97 Å². The first-order chi connectivity index (χ1) is 7.88. The number of rotatable bonds is 2. The second kappa shape index (κ2) is 4.00. The van der Waals surface area contributed by atoms with Gasteiger partial charge >= 0.3 is 0 Å². The van der Waals surface area contributed by atoms with Crippen molar-refractivity contribution in [3.8, 4) is 11.3 Å². The van der Waals surface area contributed by atoms with Gasteiger partial charge in [0.1, 0.15) is 5.82 Å². The van der Waals surface area contributed by atoms with E-state index in [0.29, 0.717) is 0 Å². The second-order valence-corrected chi connectivity index (χ2v) is 5.19. The Kier molecular flexibility index (Phi) is 2.79. The first kappa shape index (κ1) is 11.9. The first-order valence-corrected chi connectivity index (χ1v) is 5.80. The Labute approximate surface area is 102 Å². The van der Waals surface area contributed by atoms with Gasteiger partial charge in [-0.05, 0) is 39.3 Å². The molecule has 0 aliphatic carbocycles. The molecule has 1 aromatic heterocycles. The first-order valence-electron chi connectivity index (χ1n) is 5.80. The SMILES string of the molecule is Cc1ccc(C)c(-c2cnc(C(C)(C)N)[nH]2)c1. The molecule has 2 rings (SSSR count). The van der Waals surface area contributed by atoms with Crippen molar-refractivity contribution < 1.29 is 0 Å². The Balaban J connectivity index is 2.47. The lowest BCUT2D eigenvalue weighted by Gasteiger charge is -2.14. The Morgan fingerprint density at radius 1 is 1.24 bits per heavy atom. The molecular formula is C14H19N3. The molecule has 17 heavy (non-hydrogen) atoms. The van der Waals surface area contributed by atoms with Crippen LogP contribution in [0.4, 0.5) is 0 Å². The highest BCUT2D eigenvalue weighted by Crippen LogP contribution is 2.24. The summed E-state index contributed by atoms with van der Waals surface area (Å²) < 4.78 is 0. The van der Waals surface area contributed by atoms with Crippen molar-refractivity contribution in [3.05, 3.63) is 41.3 Å². The van der Waals surface area contributed by atoms with Gasteiger partial charge in [-0.1, -0.05) is 17.7 Å². The Morgan fingerprint density at radius 3 is 2.53 bits per heavy atom. The van der Waals surface area contributed by atoms with Gasteiger partial charge in [0.25, 0.3) is 0 Å². The van der Waals surface area contributed by atoms with Crippen LogP contribution in [0.15, 0.2) is 24.4 Å². The molecule has 0 bridgehead atoms. The lowest BCUT2D eigenvalue weighted by molar-refractivity contribution is 0.520. The Morgan fingerprint density at radius 2 is 1.94 bits per heavy atom. The van der Waals surface area contributed by atoms with Gasteiger partial charge in [0.2, 0.25) is 0 Å². The molecule has 1 aromatic carbocycles. The molecule has 0 unspecified atom stereocenters. The van der Waals surface area contributed by atoms with Crippen LogP contribution in [0.5, 0.6) is 0 Å². The van der Waals surface area contributed by atoms with E-state index in [4.69, 9.17) is 5.73 Å². The van der Waals surface area contributed by atoms with E-state index in [1.807, 2.05) is 20.0 Å². The third kappa shape index (κ3) is 2.39. The van der Waals surface area contributed by atoms with Crippen molar-refractivity contribution in [2.24, 2.45) is 5.73 Å². The van der Waals surface area contributed by atoms with Crippen LogP contribution in [-0.2, 0) is 5.54 Å². The van der Waals surface area contributed by atoms with Crippen molar-refractivity contribution in [2.75, 3.05) is 0 Å². The van der Waals surface area contributed by atoms with Gasteiger partial charge in [-0.15, -0.1) is 0 Å². The average molecular weight is 229 g/mol. The molecule has 0 saturated heterocycles. The zero-order valence-electron chi connectivity index (χ0n) is 10.8. The van der Waals surface area contributed by atoms with Crippen LogP contribution in [-0.4, -0.2) is 9.97 Å². The van der Waals surface area contributed by atoms with Crippen molar-refractivity contribution in [2.45, 2.75) is 33.2 Å². The molecule has 0 atom stereocenters. The quantitative estimate of drug-likeness (QED) is 0.832. The van der Waals surface area contributed by atoms with Crippen LogP contribution in [0, 0.1) is 13.8 Å². The fourth-order valence-electron chi connectivity index (χ4n) is 1.81. The maximum Gasteiger partial charge on any atom is 0.126 e. The van der Waals surface area contributed by atoms with Crippen LogP contribution in [0.25, 0.3) is 11.3 Å². The summed E-state index contributed by atoms with van der Waals surface area (Å²) in [5.41, 5.74) is 10.3. The lowest BCUT2D eigenvalue weighted by atomic mass is 10.0. The highest BCUT2D eigenvalue weighted by atomic mass is 15.0. The maximum atomic E-state index is 6.02. The number of aryl methyl sites for hydroxylation is 2. The van der Waals surface area contributed by atoms with E-state index in [1.165, 1.54) is 16.7 Å². The van der Waals surface area contributed by atoms with Crippen molar-refractivity contribution in [3.63, 3.8) is 0 Å². The van der Waals surface area contributed by atoms with Crippen molar-refractivity contribution in [1.29, 1.82) is 0 Å². The zero-order valence-corrected chi connectivity index (χ0v) is 10.8. The van der Waals surface area contributed by atoms with E-state index < -0.39 is 5.54 Å². The number of aromatic amines is 1. The molecule has 3 nitrogen and oxygen atoms in total. The van der Waals surface area contributed by atoms with Gasteiger partial charge in [0.05, 0.1) is 17.4 Å². The van der Waals surface area contributed by atoms with Gasteiger partial charge in [0, 0.05) is 5.56 Å². The molecule has 0 fully saturated rings. The minimum Gasteiger partial charge on any atom is -0.340 e. The molecule has 0 aliphatic heterocycles. The fourth-order valence-corrected chi connectivity index (χ4v) is 1.81. The fraction of sp³-hybridized carbons (Fsp3) is 0.357.